The molecular weight excluding hydrogens is 331 g/mol. The molecular formula is C20H25FN4O. The number of nitrogens with one attached hydrogen (secondary N) is 1. The number of aromatic nitrogens is 2. The van der Waals surface area contributed by atoms with Gasteiger partial charge in [0.2, 0.25) is 5.95 Å². The maximum Gasteiger partial charge on any atom is 0.270 e. The van der Waals surface area contributed by atoms with Crippen LogP contribution in [0.25, 0.3) is 0 Å². The van der Waals surface area contributed by atoms with E-state index in [1.165, 1.54) is 18.6 Å². The Bertz CT molecular complexity index is 735. The Morgan fingerprint density at radius 1 is 1.27 bits per heavy atom. The van der Waals surface area contributed by atoms with Gasteiger partial charge in [0.15, 0.2) is 0 Å². The van der Waals surface area contributed by atoms with E-state index < -0.39 is 0 Å². The Kier molecular flexibility index (Phi) is 6.15. The van der Waals surface area contributed by atoms with Gasteiger partial charge in [-0.15, -0.1) is 0 Å². The van der Waals surface area contributed by atoms with Crippen LogP contribution in [0.4, 0.5) is 10.3 Å². The van der Waals surface area contributed by atoms with E-state index >= 15 is 0 Å². The van der Waals surface area contributed by atoms with Crippen molar-refractivity contribution in [3.8, 4) is 0 Å². The van der Waals surface area contributed by atoms with Gasteiger partial charge in [0.25, 0.3) is 5.91 Å². The third kappa shape index (κ3) is 4.56. The number of carbonyl (C=O) groups excluding carboxylic acids is 1. The minimum Gasteiger partial charge on any atom is -0.350 e. The molecule has 1 aliphatic rings. The Balaban J connectivity index is 1.60. The lowest BCUT2D eigenvalue weighted by Crippen LogP contribution is -2.40. The van der Waals surface area contributed by atoms with Gasteiger partial charge in [0.05, 0.1) is 0 Å². The van der Waals surface area contributed by atoms with E-state index in [1.54, 1.807) is 24.4 Å². The molecule has 138 valence electrons. The molecule has 5 nitrogen and oxygen atoms in total. The summed E-state index contributed by atoms with van der Waals surface area (Å²) >= 11 is 0. The zero-order valence-corrected chi connectivity index (χ0v) is 15.1. The first-order valence-electron chi connectivity index (χ1n) is 9.29. The van der Waals surface area contributed by atoms with Crippen molar-refractivity contribution in [2.75, 3.05) is 18.0 Å². The molecule has 1 aromatic carbocycles. The Morgan fingerprint density at radius 2 is 2.08 bits per heavy atom. The minimum atomic E-state index is -0.255. The highest BCUT2D eigenvalue weighted by Crippen LogP contribution is 2.23. The third-order valence-electron chi connectivity index (χ3n) is 4.84. The van der Waals surface area contributed by atoms with E-state index in [0.717, 1.165) is 31.4 Å². The molecule has 1 saturated heterocycles. The summed E-state index contributed by atoms with van der Waals surface area (Å²) in [5, 5.41) is 2.88. The fourth-order valence-electron chi connectivity index (χ4n) is 3.36. The van der Waals surface area contributed by atoms with Crippen LogP contribution >= 0.6 is 0 Å². The quantitative estimate of drug-likeness (QED) is 0.862. The largest absolute Gasteiger partial charge is 0.350 e. The van der Waals surface area contributed by atoms with Gasteiger partial charge < -0.3 is 10.2 Å². The molecule has 1 aromatic heterocycles. The number of benzene rings is 1. The molecule has 0 saturated carbocycles. The van der Waals surface area contributed by atoms with E-state index in [4.69, 9.17) is 0 Å². The number of halogens is 1. The lowest BCUT2D eigenvalue weighted by molar-refractivity contribution is 0.0949. The summed E-state index contributed by atoms with van der Waals surface area (Å²) < 4.78 is 12.9. The van der Waals surface area contributed by atoms with E-state index in [9.17, 15) is 9.18 Å². The zero-order valence-electron chi connectivity index (χ0n) is 15.1. The van der Waals surface area contributed by atoms with Crippen LogP contribution in [0.2, 0.25) is 0 Å². The second-order valence-electron chi connectivity index (χ2n) is 6.63. The van der Waals surface area contributed by atoms with Gasteiger partial charge in [-0.1, -0.05) is 19.1 Å². The summed E-state index contributed by atoms with van der Waals surface area (Å²) in [6.07, 6.45) is 6.87. The van der Waals surface area contributed by atoms with Crippen molar-refractivity contribution in [2.45, 2.75) is 45.1 Å². The molecule has 1 fully saturated rings. The van der Waals surface area contributed by atoms with Crippen LogP contribution in [0.15, 0.2) is 36.5 Å². The van der Waals surface area contributed by atoms with Gasteiger partial charge in [-0.2, -0.15) is 0 Å². The molecule has 1 atom stereocenters. The van der Waals surface area contributed by atoms with Crippen LogP contribution in [-0.4, -0.2) is 35.0 Å². The van der Waals surface area contributed by atoms with Crippen LogP contribution in [-0.2, 0) is 6.42 Å². The van der Waals surface area contributed by atoms with Gasteiger partial charge in [-0.05, 0) is 55.9 Å². The number of nitrogens with zero attached hydrogens (tertiary/aromatic N) is 3. The number of hydrogen-bond acceptors (Lipinski definition) is 4. The van der Waals surface area contributed by atoms with E-state index in [0.29, 0.717) is 30.6 Å². The summed E-state index contributed by atoms with van der Waals surface area (Å²) in [7, 11) is 0. The average Bonchev–Trinajstić information content (AvgIpc) is 2.69. The SMILES string of the molecule is CCC1CCCCN1c1nccc(C(=O)NCCc2ccc(F)cc2)n1. The van der Waals surface area contributed by atoms with Crippen molar-refractivity contribution >= 4 is 11.9 Å². The van der Waals surface area contributed by atoms with Crippen molar-refractivity contribution < 1.29 is 9.18 Å². The Hall–Kier alpha value is -2.50. The van der Waals surface area contributed by atoms with E-state index in [-0.39, 0.29) is 11.7 Å². The van der Waals surface area contributed by atoms with Crippen LogP contribution in [0.5, 0.6) is 0 Å². The van der Waals surface area contributed by atoms with Crippen molar-refractivity contribution in [3.63, 3.8) is 0 Å². The smallest absolute Gasteiger partial charge is 0.270 e. The second kappa shape index (κ2) is 8.74. The van der Waals surface area contributed by atoms with E-state index in [2.05, 4.69) is 27.1 Å². The summed E-state index contributed by atoms with van der Waals surface area (Å²) in [6, 6.07) is 8.40. The molecule has 26 heavy (non-hydrogen) atoms. The van der Waals surface area contributed by atoms with Gasteiger partial charge >= 0.3 is 0 Å². The third-order valence-corrected chi connectivity index (χ3v) is 4.84. The monoisotopic (exact) mass is 356 g/mol. The maximum absolute atomic E-state index is 12.9. The molecule has 1 unspecified atom stereocenters. The lowest BCUT2D eigenvalue weighted by Gasteiger charge is -2.35. The molecule has 0 spiro atoms. The van der Waals surface area contributed by atoms with Crippen molar-refractivity contribution in [2.24, 2.45) is 0 Å². The van der Waals surface area contributed by atoms with Crippen molar-refractivity contribution in [1.29, 1.82) is 0 Å². The van der Waals surface area contributed by atoms with Crippen molar-refractivity contribution in [1.82, 2.24) is 15.3 Å². The Labute approximate surface area is 153 Å². The normalized spacial score (nSPS) is 17.2. The fourth-order valence-corrected chi connectivity index (χ4v) is 3.36. The first-order chi connectivity index (χ1) is 12.7. The van der Waals surface area contributed by atoms with Crippen LogP contribution in [0.3, 0.4) is 0 Å². The van der Waals surface area contributed by atoms with Crippen LogP contribution in [0, 0.1) is 5.82 Å². The lowest BCUT2D eigenvalue weighted by atomic mass is 10.0. The second-order valence-corrected chi connectivity index (χ2v) is 6.63. The van der Waals surface area contributed by atoms with Crippen molar-refractivity contribution in [3.05, 3.63) is 53.6 Å². The van der Waals surface area contributed by atoms with Gasteiger partial charge in [0.1, 0.15) is 11.5 Å². The highest BCUT2D eigenvalue weighted by atomic mass is 19.1. The molecule has 0 aliphatic carbocycles. The predicted molar refractivity (Wildman–Crippen MR) is 99.7 cm³/mol. The van der Waals surface area contributed by atoms with Crippen LogP contribution in [0.1, 0.15) is 48.7 Å². The molecule has 0 radical (unpaired) electrons. The summed E-state index contributed by atoms with van der Waals surface area (Å²) in [5.74, 6) is 0.179. The number of amides is 1. The summed E-state index contributed by atoms with van der Waals surface area (Å²) in [6.45, 7) is 3.59. The molecule has 0 bridgehead atoms. The van der Waals surface area contributed by atoms with Crippen LogP contribution < -0.4 is 10.2 Å². The molecule has 3 rings (SSSR count). The highest BCUT2D eigenvalue weighted by molar-refractivity contribution is 5.92. The number of carbonyl (C=O) groups is 1. The predicted octanol–water partition coefficient (Wildman–Crippen LogP) is 3.36. The molecule has 1 N–H and O–H groups in total. The van der Waals surface area contributed by atoms with Gasteiger partial charge in [0, 0.05) is 25.3 Å². The first-order valence-corrected chi connectivity index (χ1v) is 9.29. The fraction of sp³-hybridized carbons (Fsp3) is 0.450. The number of rotatable bonds is 6. The average molecular weight is 356 g/mol. The number of piperidine rings is 1. The molecule has 1 amide bonds. The number of anilines is 1. The zero-order chi connectivity index (χ0) is 18.4. The molecule has 2 aromatic rings. The minimum absolute atomic E-state index is 0.208. The van der Waals surface area contributed by atoms with Gasteiger partial charge in [-0.25, -0.2) is 14.4 Å². The van der Waals surface area contributed by atoms with Gasteiger partial charge in [-0.3, -0.25) is 4.79 Å². The maximum atomic E-state index is 12.9. The summed E-state index contributed by atoms with van der Waals surface area (Å²) in [5.41, 5.74) is 1.36. The highest BCUT2D eigenvalue weighted by Gasteiger charge is 2.23. The molecule has 2 heterocycles. The topological polar surface area (TPSA) is 58.1 Å². The number of hydrogen-bond donors (Lipinski definition) is 1. The summed E-state index contributed by atoms with van der Waals surface area (Å²) in [4.78, 5) is 23.5. The molecule has 1 aliphatic heterocycles. The van der Waals surface area contributed by atoms with E-state index in [1.807, 2.05) is 0 Å². The first kappa shape index (κ1) is 18.3. The molecule has 6 heteroatoms. The Morgan fingerprint density at radius 3 is 2.85 bits per heavy atom. The standard InChI is InChI=1S/C20H25FN4O/c1-2-17-5-3-4-14-25(17)20-23-13-11-18(24-20)19(26)22-12-10-15-6-8-16(21)9-7-15/h6-9,11,13,17H,2-5,10,12,14H2,1H3,(H,22,26).